The van der Waals surface area contributed by atoms with E-state index in [1.165, 1.54) is 0 Å². The summed E-state index contributed by atoms with van der Waals surface area (Å²) in [5, 5.41) is 0.717. The lowest BCUT2D eigenvalue weighted by Crippen LogP contribution is -2.24. The van der Waals surface area contributed by atoms with Crippen LogP contribution in [0.5, 0.6) is 0 Å². The summed E-state index contributed by atoms with van der Waals surface area (Å²) in [7, 11) is 0. The van der Waals surface area contributed by atoms with Crippen molar-refractivity contribution in [2.75, 3.05) is 6.54 Å². The molecule has 0 aliphatic carbocycles. The lowest BCUT2D eigenvalue weighted by molar-refractivity contribution is -0.0220. The van der Waals surface area contributed by atoms with Crippen molar-refractivity contribution in [3.8, 4) is 0 Å². The third-order valence-corrected chi connectivity index (χ3v) is 3.13. The average Bonchev–Trinajstić information content (AvgIpc) is 2.26. The third kappa shape index (κ3) is 3.48. The summed E-state index contributed by atoms with van der Waals surface area (Å²) in [5.74, 6) is 0.469. The van der Waals surface area contributed by atoms with Gasteiger partial charge in [-0.2, -0.15) is 0 Å². The van der Waals surface area contributed by atoms with Gasteiger partial charge >= 0.3 is 0 Å². The quantitative estimate of drug-likeness (QED) is 0.858. The van der Waals surface area contributed by atoms with Gasteiger partial charge in [0.2, 0.25) is 0 Å². The first-order valence-corrected chi connectivity index (χ1v) is 6.04. The molecule has 0 fully saturated rings. The van der Waals surface area contributed by atoms with Crippen molar-refractivity contribution in [2.24, 2.45) is 11.7 Å². The van der Waals surface area contributed by atoms with Crippen LogP contribution < -0.4 is 5.73 Å². The van der Waals surface area contributed by atoms with Crippen LogP contribution in [0.15, 0.2) is 24.3 Å². The number of ether oxygens (including phenoxy) is 1. The zero-order valence-electron chi connectivity index (χ0n) is 10.1. The van der Waals surface area contributed by atoms with E-state index in [2.05, 4.69) is 20.8 Å². The molecule has 0 spiro atoms. The molecule has 1 aromatic carbocycles. The molecule has 3 heteroatoms. The van der Waals surface area contributed by atoms with E-state index in [1.807, 2.05) is 24.3 Å². The predicted octanol–water partition coefficient (Wildman–Crippen LogP) is 3.40. The third-order valence-electron chi connectivity index (χ3n) is 2.78. The first kappa shape index (κ1) is 13.5. The van der Waals surface area contributed by atoms with Crippen LogP contribution in [-0.2, 0) is 4.74 Å². The summed E-state index contributed by atoms with van der Waals surface area (Å²) in [6.07, 6.45) is 0.0518. The highest BCUT2D eigenvalue weighted by Gasteiger charge is 2.18. The van der Waals surface area contributed by atoms with Gasteiger partial charge < -0.3 is 10.5 Å². The monoisotopic (exact) mass is 241 g/mol. The van der Waals surface area contributed by atoms with Crippen molar-refractivity contribution in [1.82, 2.24) is 0 Å². The summed E-state index contributed by atoms with van der Waals surface area (Å²) in [6, 6.07) is 7.69. The van der Waals surface area contributed by atoms with Crippen LogP contribution in [0, 0.1) is 5.92 Å². The number of nitrogens with two attached hydrogens (primary N) is 1. The van der Waals surface area contributed by atoms with Gasteiger partial charge in [-0.05, 0) is 18.9 Å². The molecule has 0 amide bonds. The highest BCUT2D eigenvalue weighted by Crippen LogP contribution is 2.26. The Bertz CT molecular complexity index is 327. The number of hydrogen-bond acceptors (Lipinski definition) is 2. The molecule has 0 aliphatic rings. The van der Waals surface area contributed by atoms with E-state index in [9.17, 15) is 0 Å². The SMILES string of the molecule is CC(C)C(C)OC(CN)c1ccccc1Cl. The molecule has 2 atom stereocenters. The van der Waals surface area contributed by atoms with E-state index in [-0.39, 0.29) is 12.2 Å². The fraction of sp³-hybridized carbons (Fsp3) is 0.538. The van der Waals surface area contributed by atoms with E-state index in [1.54, 1.807) is 0 Å². The van der Waals surface area contributed by atoms with Crippen molar-refractivity contribution in [3.63, 3.8) is 0 Å². The predicted molar refractivity (Wildman–Crippen MR) is 68.6 cm³/mol. The normalized spacial score (nSPS) is 15.1. The molecule has 1 rings (SSSR count). The molecule has 0 bridgehead atoms. The molecule has 0 radical (unpaired) electrons. The molecule has 2 unspecified atom stereocenters. The molecule has 0 saturated carbocycles. The zero-order chi connectivity index (χ0) is 12.1. The Kier molecular flexibility index (Phi) is 5.26. The molecule has 0 heterocycles. The van der Waals surface area contributed by atoms with Gasteiger partial charge in [0, 0.05) is 17.1 Å². The molecule has 0 saturated heterocycles. The van der Waals surface area contributed by atoms with Crippen LogP contribution in [0.4, 0.5) is 0 Å². The highest BCUT2D eigenvalue weighted by atomic mass is 35.5. The average molecular weight is 242 g/mol. The van der Waals surface area contributed by atoms with Crippen molar-refractivity contribution in [3.05, 3.63) is 34.9 Å². The lowest BCUT2D eigenvalue weighted by Gasteiger charge is -2.24. The van der Waals surface area contributed by atoms with Crippen molar-refractivity contribution >= 4 is 11.6 Å². The second kappa shape index (κ2) is 6.24. The Morgan fingerprint density at radius 3 is 2.38 bits per heavy atom. The van der Waals surface area contributed by atoms with Crippen LogP contribution in [0.3, 0.4) is 0 Å². The first-order chi connectivity index (χ1) is 7.56. The number of benzene rings is 1. The van der Waals surface area contributed by atoms with Crippen molar-refractivity contribution in [1.29, 1.82) is 0 Å². The number of rotatable bonds is 5. The minimum Gasteiger partial charge on any atom is -0.369 e. The van der Waals surface area contributed by atoms with E-state index in [0.29, 0.717) is 17.5 Å². The van der Waals surface area contributed by atoms with Gasteiger partial charge in [-0.3, -0.25) is 0 Å². The van der Waals surface area contributed by atoms with E-state index < -0.39 is 0 Å². The summed E-state index contributed by atoms with van der Waals surface area (Å²) < 4.78 is 5.92. The molecular weight excluding hydrogens is 222 g/mol. The fourth-order valence-electron chi connectivity index (χ4n) is 1.41. The highest BCUT2D eigenvalue weighted by molar-refractivity contribution is 6.31. The van der Waals surface area contributed by atoms with Crippen LogP contribution in [0.1, 0.15) is 32.4 Å². The fourth-order valence-corrected chi connectivity index (χ4v) is 1.67. The Morgan fingerprint density at radius 1 is 1.25 bits per heavy atom. The van der Waals surface area contributed by atoms with Gasteiger partial charge in [0.05, 0.1) is 12.2 Å². The van der Waals surface area contributed by atoms with Gasteiger partial charge in [0.1, 0.15) is 0 Å². The van der Waals surface area contributed by atoms with E-state index in [0.717, 1.165) is 5.56 Å². The van der Waals surface area contributed by atoms with Crippen LogP contribution in [0.2, 0.25) is 5.02 Å². The van der Waals surface area contributed by atoms with E-state index in [4.69, 9.17) is 22.1 Å². The largest absolute Gasteiger partial charge is 0.369 e. The van der Waals surface area contributed by atoms with Gasteiger partial charge in [-0.25, -0.2) is 0 Å². The second-order valence-electron chi connectivity index (χ2n) is 4.33. The van der Waals surface area contributed by atoms with Gasteiger partial charge in [-0.15, -0.1) is 0 Å². The molecule has 90 valence electrons. The molecule has 1 aromatic rings. The van der Waals surface area contributed by atoms with Crippen LogP contribution in [-0.4, -0.2) is 12.6 Å². The zero-order valence-corrected chi connectivity index (χ0v) is 10.9. The molecule has 0 aromatic heterocycles. The minimum absolute atomic E-state index is 0.119. The maximum absolute atomic E-state index is 6.13. The second-order valence-corrected chi connectivity index (χ2v) is 4.74. The lowest BCUT2D eigenvalue weighted by atomic mass is 10.1. The number of hydrogen-bond donors (Lipinski definition) is 1. The molecule has 0 aliphatic heterocycles. The van der Waals surface area contributed by atoms with Crippen molar-refractivity contribution < 1.29 is 4.74 Å². The summed E-state index contributed by atoms with van der Waals surface area (Å²) in [5.41, 5.74) is 6.71. The molecular formula is C13H20ClNO. The molecule has 2 N–H and O–H groups in total. The van der Waals surface area contributed by atoms with Crippen LogP contribution >= 0.6 is 11.6 Å². The summed E-state index contributed by atoms with van der Waals surface area (Å²) in [6.45, 7) is 6.76. The topological polar surface area (TPSA) is 35.2 Å². The minimum atomic E-state index is -0.119. The number of halogens is 1. The Balaban J connectivity index is 2.79. The maximum Gasteiger partial charge on any atom is 0.0965 e. The smallest absolute Gasteiger partial charge is 0.0965 e. The van der Waals surface area contributed by atoms with Gasteiger partial charge in [-0.1, -0.05) is 43.6 Å². The molecule has 16 heavy (non-hydrogen) atoms. The first-order valence-electron chi connectivity index (χ1n) is 5.66. The van der Waals surface area contributed by atoms with Gasteiger partial charge in [0.25, 0.3) is 0 Å². The van der Waals surface area contributed by atoms with Crippen LogP contribution in [0.25, 0.3) is 0 Å². The van der Waals surface area contributed by atoms with Crippen molar-refractivity contribution in [2.45, 2.75) is 33.0 Å². The summed E-state index contributed by atoms with van der Waals surface area (Å²) in [4.78, 5) is 0. The Morgan fingerprint density at radius 2 is 1.88 bits per heavy atom. The Labute approximate surface area is 103 Å². The van der Waals surface area contributed by atoms with E-state index >= 15 is 0 Å². The standard InChI is InChI=1S/C13H20ClNO/c1-9(2)10(3)16-13(8-15)11-6-4-5-7-12(11)14/h4-7,9-10,13H,8,15H2,1-3H3. The maximum atomic E-state index is 6.13. The molecule has 2 nitrogen and oxygen atoms in total. The Hall–Kier alpha value is -0.570. The summed E-state index contributed by atoms with van der Waals surface area (Å²) >= 11 is 6.13. The van der Waals surface area contributed by atoms with Gasteiger partial charge in [0.15, 0.2) is 0 Å².